The highest BCUT2D eigenvalue weighted by Crippen LogP contribution is 2.22. The number of anilines is 1. The van der Waals surface area contributed by atoms with Crippen LogP contribution in [0.5, 0.6) is 0 Å². The quantitative estimate of drug-likeness (QED) is 0.900. The number of carbonyl (C=O) groups is 1. The fraction of sp³-hybridized carbons (Fsp3) is 0.733. The fourth-order valence-electron chi connectivity index (χ4n) is 2.59. The highest BCUT2D eigenvalue weighted by Gasteiger charge is 2.22. The van der Waals surface area contributed by atoms with E-state index in [1.165, 1.54) is 0 Å². The van der Waals surface area contributed by atoms with Gasteiger partial charge < -0.3 is 10.6 Å². The lowest BCUT2D eigenvalue weighted by Gasteiger charge is -2.21. The SMILES string of the molecule is Cl.Cn1nc(CC(C)(C)C)cc1NC(=O)C1CCNCC1. The van der Waals surface area contributed by atoms with Crippen molar-refractivity contribution in [3.8, 4) is 0 Å². The number of hydrogen-bond donors (Lipinski definition) is 2. The Morgan fingerprint density at radius 1 is 1.43 bits per heavy atom. The summed E-state index contributed by atoms with van der Waals surface area (Å²) in [6.07, 6.45) is 2.74. The summed E-state index contributed by atoms with van der Waals surface area (Å²) in [5, 5.41) is 10.8. The summed E-state index contributed by atoms with van der Waals surface area (Å²) in [4.78, 5) is 12.2. The number of rotatable bonds is 3. The normalized spacial score (nSPS) is 16.4. The van der Waals surface area contributed by atoms with E-state index in [0.29, 0.717) is 0 Å². The first-order chi connectivity index (χ1) is 9.35. The topological polar surface area (TPSA) is 59.0 Å². The third-order valence-electron chi connectivity index (χ3n) is 3.60. The van der Waals surface area contributed by atoms with Crippen LogP contribution in [0.15, 0.2) is 6.07 Å². The zero-order valence-electron chi connectivity index (χ0n) is 13.4. The van der Waals surface area contributed by atoms with Crippen molar-refractivity contribution in [1.29, 1.82) is 0 Å². The van der Waals surface area contributed by atoms with E-state index in [2.05, 4.69) is 36.5 Å². The van der Waals surface area contributed by atoms with Gasteiger partial charge in [0.15, 0.2) is 0 Å². The molecule has 0 saturated carbocycles. The molecule has 0 radical (unpaired) electrons. The summed E-state index contributed by atoms with van der Waals surface area (Å²) in [5.41, 5.74) is 1.23. The zero-order valence-corrected chi connectivity index (χ0v) is 14.2. The highest BCUT2D eigenvalue weighted by atomic mass is 35.5. The van der Waals surface area contributed by atoms with Crippen LogP contribution >= 0.6 is 12.4 Å². The summed E-state index contributed by atoms with van der Waals surface area (Å²) in [7, 11) is 1.88. The number of amides is 1. The van der Waals surface area contributed by atoms with Crippen LogP contribution in [0.1, 0.15) is 39.3 Å². The number of carbonyl (C=O) groups excluding carboxylic acids is 1. The van der Waals surface area contributed by atoms with E-state index >= 15 is 0 Å². The molecule has 2 N–H and O–H groups in total. The van der Waals surface area contributed by atoms with E-state index in [4.69, 9.17) is 0 Å². The first-order valence-corrected chi connectivity index (χ1v) is 7.40. The molecule has 1 aliphatic heterocycles. The lowest BCUT2D eigenvalue weighted by molar-refractivity contribution is -0.120. The van der Waals surface area contributed by atoms with Gasteiger partial charge in [-0.1, -0.05) is 20.8 Å². The molecular formula is C15H27ClN4O. The van der Waals surface area contributed by atoms with E-state index in [-0.39, 0.29) is 29.6 Å². The number of aryl methyl sites for hydroxylation is 1. The van der Waals surface area contributed by atoms with Gasteiger partial charge >= 0.3 is 0 Å². The molecule has 1 amide bonds. The maximum absolute atomic E-state index is 12.2. The molecule has 6 heteroatoms. The second-order valence-corrected chi connectivity index (χ2v) is 6.90. The molecule has 0 atom stereocenters. The molecule has 1 saturated heterocycles. The van der Waals surface area contributed by atoms with Crippen molar-refractivity contribution < 1.29 is 4.79 Å². The first-order valence-electron chi connectivity index (χ1n) is 7.40. The number of nitrogens with zero attached hydrogens (tertiary/aromatic N) is 2. The Hall–Kier alpha value is -1.07. The summed E-state index contributed by atoms with van der Waals surface area (Å²) in [6.45, 7) is 8.43. The third kappa shape index (κ3) is 5.32. The summed E-state index contributed by atoms with van der Waals surface area (Å²) in [6, 6.07) is 1.99. The third-order valence-corrected chi connectivity index (χ3v) is 3.60. The molecule has 1 aliphatic rings. The largest absolute Gasteiger partial charge is 0.317 e. The van der Waals surface area contributed by atoms with Crippen LogP contribution in [0.25, 0.3) is 0 Å². The van der Waals surface area contributed by atoms with Crippen LogP contribution in [0, 0.1) is 11.3 Å². The van der Waals surface area contributed by atoms with Gasteiger partial charge in [0.05, 0.1) is 5.69 Å². The van der Waals surface area contributed by atoms with Gasteiger partial charge in [0.1, 0.15) is 5.82 Å². The van der Waals surface area contributed by atoms with E-state index in [1.807, 2.05) is 13.1 Å². The first kappa shape index (κ1) is 18.0. The van der Waals surface area contributed by atoms with Crippen LogP contribution in [-0.4, -0.2) is 28.8 Å². The Balaban J connectivity index is 0.00000220. The Bertz CT molecular complexity index is 473. The minimum Gasteiger partial charge on any atom is -0.317 e. The molecule has 2 heterocycles. The average Bonchev–Trinajstić information content (AvgIpc) is 2.68. The van der Waals surface area contributed by atoms with E-state index < -0.39 is 0 Å². The fourth-order valence-corrected chi connectivity index (χ4v) is 2.59. The van der Waals surface area contributed by atoms with Crippen LogP contribution in [-0.2, 0) is 18.3 Å². The van der Waals surface area contributed by atoms with Crippen molar-refractivity contribution in [1.82, 2.24) is 15.1 Å². The smallest absolute Gasteiger partial charge is 0.228 e. The Morgan fingerprint density at radius 3 is 2.62 bits per heavy atom. The minimum absolute atomic E-state index is 0. The molecule has 1 fully saturated rings. The number of halogens is 1. The molecule has 1 aromatic heterocycles. The molecule has 2 rings (SSSR count). The molecular weight excluding hydrogens is 288 g/mol. The Kier molecular flexibility index (Phi) is 6.23. The lowest BCUT2D eigenvalue weighted by atomic mass is 9.91. The average molecular weight is 315 g/mol. The standard InChI is InChI=1S/C15H26N4O.ClH/c1-15(2,3)10-12-9-13(19(4)18-12)17-14(20)11-5-7-16-8-6-11;/h9,11,16H,5-8,10H2,1-4H3,(H,17,20);1H. The number of nitrogens with one attached hydrogen (secondary N) is 2. The van der Waals surface area contributed by atoms with Gasteiger partial charge in [-0.15, -0.1) is 12.4 Å². The zero-order chi connectivity index (χ0) is 14.8. The lowest BCUT2D eigenvalue weighted by Crippen LogP contribution is -2.34. The summed E-state index contributed by atoms with van der Waals surface area (Å²) in [5.74, 6) is 1.04. The predicted molar refractivity (Wildman–Crippen MR) is 87.8 cm³/mol. The van der Waals surface area contributed by atoms with Crippen molar-refractivity contribution in [3.63, 3.8) is 0 Å². The molecule has 0 unspecified atom stereocenters. The molecule has 21 heavy (non-hydrogen) atoms. The second-order valence-electron chi connectivity index (χ2n) is 6.90. The molecule has 1 aromatic rings. The van der Waals surface area contributed by atoms with Gasteiger partial charge in [-0.05, 0) is 37.8 Å². The van der Waals surface area contributed by atoms with Crippen molar-refractivity contribution >= 4 is 24.1 Å². The van der Waals surface area contributed by atoms with Crippen molar-refractivity contribution in [2.45, 2.75) is 40.0 Å². The van der Waals surface area contributed by atoms with E-state index in [9.17, 15) is 4.79 Å². The van der Waals surface area contributed by atoms with Crippen LogP contribution in [0.2, 0.25) is 0 Å². The van der Waals surface area contributed by atoms with Crippen molar-refractivity contribution in [2.75, 3.05) is 18.4 Å². The maximum atomic E-state index is 12.2. The highest BCUT2D eigenvalue weighted by molar-refractivity contribution is 5.91. The van der Waals surface area contributed by atoms with E-state index in [1.54, 1.807) is 4.68 Å². The molecule has 0 spiro atoms. The molecule has 5 nitrogen and oxygen atoms in total. The van der Waals surface area contributed by atoms with Crippen LogP contribution in [0.4, 0.5) is 5.82 Å². The molecule has 0 bridgehead atoms. The van der Waals surface area contributed by atoms with Gasteiger partial charge in [0.25, 0.3) is 0 Å². The van der Waals surface area contributed by atoms with Crippen molar-refractivity contribution in [2.24, 2.45) is 18.4 Å². The maximum Gasteiger partial charge on any atom is 0.228 e. The van der Waals surface area contributed by atoms with Crippen molar-refractivity contribution in [3.05, 3.63) is 11.8 Å². The monoisotopic (exact) mass is 314 g/mol. The van der Waals surface area contributed by atoms with Crippen LogP contribution in [0.3, 0.4) is 0 Å². The van der Waals surface area contributed by atoms with Gasteiger partial charge in [-0.2, -0.15) is 5.10 Å². The molecule has 120 valence electrons. The Labute approximate surface area is 133 Å². The van der Waals surface area contributed by atoms with Gasteiger partial charge in [0.2, 0.25) is 5.91 Å². The minimum atomic E-state index is 0. The van der Waals surface area contributed by atoms with Gasteiger partial charge in [0, 0.05) is 19.0 Å². The second kappa shape index (κ2) is 7.27. The number of aromatic nitrogens is 2. The van der Waals surface area contributed by atoms with E-state index in [0.717, 1.165) is 43.9 Å². The predicted octanol–water partition coefficient (Wildman–Crippen LogP) is 2.37. The Morgan fingerprint density at radius 2 is 2.05 bits per heavy atom. The summed E-state index contributed by atoms with van der Waals surface area (Å²) < 4.78 is 1.76. The molecule has 0 aromatic carbocycles. The van der Waals surface area contributed by atoms with Crippen LogP contribution < -0.4 is 10.6 Å². The van der Waals surface area contributed by atoms with Gasteiger partial charge in [-0.25, -0.2) is 0 Å². The van der Waals surface area contributed by atoms with Gasteiger partial charge in [-0.3, -0.25) is 9.48 Å². The molecule has 0 aliphatic carbocycles. The number of hydrogen-bond acceptors (Lipinski definition) is 3. The summed E-state index contributed by atoms with van der Waals surface area (Å²) >= 11 is 0. The number of piperidine rings is 1.